The van der Waals surface area contributed by atoms with E-state index in [2.05, 4.69) is 35.9 Å². The van der Waals surface area contributed by atoms with Gasteiger partial charge < -0.3 is 14.8 Å². The lowest BCUT2D eigenvalue weighted by molar-refractivity contribution is 0.165. The van der Waals surface area contributed by atoms with Gasteiger partial charge in [-0.2, -0.15) is 0 Å². The van der Waals surface area contributed by atoms with Crippen LogP contribution in [-0.4, -0.2) is 22.0 Å². The number of carbonyl (C=O) groups is 1. The smallest absolute Gasteiger partial charge is 0.322 e. The number of fused-ring (bicyclic) bond motifs is 1. The average Bonchev–Trinajstić information content (AvgIpc) is 2.88. The molecule has 1 atom stereocenters. The molecule has 1 N–H and O–H groups in total. The molecule has 1 aliphatic heterocycles. The molecule has 22 heavy (non-hydrogen) atoms. The second-order valence-electron chi connectivity index (χ2n) is 5.97. The summed E-state index contributed by atoms with van der Waals surface area (Å²) in [6.07, 6.45) is 0.921. The predicted octanol–water partition coefficient (Wildman–Crippen LogP) is 4.10. The fraction of sp³-hybridized carbons (Fsp3) is 0.389. The standard InChI is InChI=1S/C18H23N3O/c1-4-16-17-9-8-14(3)20(17)10-11-21(16)18(22)19-15-7-5-6-13(2)12-15/h5-9,12,16H,4,10-11H2,1-3H3,(H,19,22). The van der Waals surface area contributed by atoms with Gasteiger partial charge in [0.2, 0.25) is 0 Å². The number of anilines is 1. The van der Waals surface area contributed by atoms with Crippen molar-refractivity contribution in [2.75, 3.05) is 11.9 Å². The van der Waals surface area contributed by atoms with Crippen molar-refractivity contribution in [3.63, 3.8) is 0 Å². The molecule has 0 bridgehead atoms. The maximum absolute atomic E-state index is 12.7. The van der Waals surface area contributed by atoms with E-state index < -0.39 is 0 Å². The van der Waals surface area contributed by atoms with Crippen molar-refractivity contribution >= 4 is 11.7 Å². The van der Waals surface area contributed by atoms with Gasteiger partial charge in [0, 0.05) is 30.2 Å². The van der Waals surface area contributed by atoms with Crippen LogP contribution >= 0.6 is 0 Å². The van der Waals surface area contributed by atoms with Gasteiger partial charge in [0.15, 0.2) is 0 Å². The summed E-state index contributed by atoms with van der Waals surface area (Å²) in [5.41, 5.74) is 4.52. The third-order valence-electron chi connectivity index (χ3n) is 4.43. The molecule has 2 heterocycles. The van der Waals surface area contributed by atoms with E-state index in [4.69, 9.17) is 0 Å². The van der Waals surface area contributed by atoms with Crippen LogP contribution in [0.25, 0.3) is 0 Å². The van der Waals surface area contributed by atoms with E-state index in [1.807, 2.05) is 36.1 Å². The fourth-order valence-corrected chi connectivity index (χ4v) is 3.30. The summed E-state index contributed by atoms with van der Waals surface area (Å²) in [5.74, 6) is 0. The lowest BCUT2D eigenvalue weighted by Crippen LogP contribution is -2.44. The van der Waals surface area contributed by atoms with Crippen molar-refractivity contribution in [3.8, 4) is 0 Å². The van der Waals surface area contributed by atoms with E-state index in [0.29, 0.717) is 0 Å². The molecule has 1 aliphatic rings. The number of hydrogen-bond acceptors (Lipinski definition) is 1. The molecule has 3 rings (SSSR count). The maximum Gasteiger partial charge on any atom is 0.322 e. The molecular weight excluding hydrogens is 274 g/mol. The van der Waals surface area contributed by atoms with Crippen LogP contribution in [0.15, 0.2) is 36.4 Å². The Kier molecular flexibility index (Phi) is 3.92. The summed E-state index contributed by atoms with van der Waals surface area (Å²) < 4.78 is 2.32. The third kappa shape index (κ3) is 2.61. The number of rotatable bonds is 2. The van der Waals surface area contributed by atoms with Crippen LogP contribution < -0.4 is 5.32 Å². The zero-order valence-corrected chi connectivity index (χ0v) is 13.5. The molecule has 0 saturated carbocycles. The van der Waals surface area contributed by atoms with Crippen LogP contribution in [0.3, 0.4) is 0 Å². The van der Waals surface area contributed by atoms with Gasteiger partial charge in [-0.1, -0.05) is 19.1 Å². The van der Waals surface area contributed by atoms with Crippen LogP contribution in [0.1, 0.15) is 36.3 Å². The minimum Gasteiger partial charge on any atom is -0.345 e. The Balaban J connectivity index is 1.81. The summed E-state index contributed by atoms with van der Waals surface area (Å²) in [6.45, 7) is 7.90. The minimum atomic E-state index is -0.0115. The summed E-state index contributed by atoms with van der Waals surface area (Å²) in [4.78, 5) is 14.6. The Bertz CT molecular complexity index is 689. The van der Waals surface area contributed by atoms with E-state index in [9.17, 15) is 4.79 Å². The van der Waals surface area contributed by atoms with Gasteiger partial charge >= 0.3 is 6.03 Å². The van der Waals surface area contributed by atoms with Crippen molar-refractivity contribution in [1.29, 1.82) is 0 Å². The topological polar surface area (TPSA) is 37.3 Å². The first-order valence-corrected chi connectivity index (χ1v) is 7.90. The van der Waals surface area contributed by atoms with Crippen molar-refractivity contribution in [1.82, 2.24) is 9.47 Å². The highest BCUT2D eigenvalue weighted by Gasteiger charge is 2.30. The Hall–Kier alpha value is -2.23. The van der Waals surface area contributed by atoms with Crippen molar-refractivity contribution in [3.05, 3.63) is 53.3 Å². The number of aryl methyl sites for hydroxylation is 2. The largest absolute Gasteiger partial charge is 0.345 e. The second-order valence-corrected chi connectivity index (χ2v) is 5.97. The Labute approximate surface area is 131 Å². The molecule has 4 nitrogen and oxygen atoms in total. The molecule has 1 aromatic carbocycles. The number of amides is 2. The number of urea groups is 1. The second kappa shape index (κ2) is 5.87. The molecule has 1 aromatic heterocycles. The molecule has 0 aliphatic carbocycles. The van der Waals surface area contributed by atoms with Gasteiger partial charge in [-0.25, -0.2) is 4.79 Å². The monoisotopic (exact) mass is 297 g/mol. The normalized spacial score (nSPS) is 17.2. The maximum atomic E-state index is 12.7. The van der Waals surface area contributed by atoms with E-state index in [-0.39, 0.29) is 12.1 Å². The molecule has 0 fully saturated rings. The first-order chi connectivity index (χ1) is 10.6. The number of benzene rings is 1. The van der Waals surface area contributed by atoms with E-state index in [1.54, 1.807) is 0 Å². The van der Waals surface area contributed by atoms with Gasteiger partial charge in [-0.15, -0.1) is 0 Å². The van der Waals surface area contributed by atoms with Crippen LogP contribution in [0, 0.1) is 13.8 Å². The quantitative estimate of drug-likeness (QED) is 0.890. The van der Waals surface area contributed by atoms with Crippen LogP contribution in [0.2, 0.25) is 0 Å². The Morgan fingerprint density at radius 2 is 2.05 bits per heavy atom. The van der Waals surface area contributed by atoms with Crippen LogP contribution in [0.5, 0.6) is 0 Å². The third-order valence-corrected chi connectivity index (χ3v) is 4.43. The van der Waals surface area contributed by atoms with Gasteiger partial charge in [-0.05, 0) is 50.1 Å². The molecule has 4 heteroatoms. The first-order valence-electron chi connectivity index (χ1n) is 7.90. The fourth-order valence-electron chi connectivity index (χ4n) is 3.30. The highest BCUT2D eigenvalue weighted by atomic mass is 16.2. The van der Waals surface area contributed by atoms with Crippen LogP contribution in [0.4, 0.5) is 10.5 Å². The first kappa shape index (κ1) is 14.7. The molecular formula is C18H23N3O. The Morgan fingerprint density at radius 3 is 2.77 bits per heavy atom. The zero-order valence-electron chi connectivity index (χ0n) is 13.5. The van der Waals surface area contributed by atoms with E-state index in [0.717, 1.165) is 30.8 Å². The molecule has 2 aromatic rings. The Morgan fingerprint density at radius 1 is 1.23 bits per heavy atom. The number of carbonyl (C=O) groups excluding carboxylic acids is 1. The van der Waals surface area contributed by atoms with Gasteiger partial charge in [0.05, 0.1) is 6.04 Å². The SMILES string of the molecule is CCC1c2ccc(C)n2CCN1C(=O)Nc1cccc(C)c1. The number of nitrogens with zero attached hydrogens (tertiary/aromatic N) is 2. The molecule has 1 unspecified atom stereocenters. The highest BCUT2D eigenvalue weighted by Crippen LogP contribution is 2.30. The molecule has 2 amide bonds. The lowest BCUT2D eigenvalue weighted by atomic mass is 10.1. The summed E-state index contributed by atoms with van der Waals surface area (Å²) in [5, 5.41) is 3.03. The summed E-state index contributed by atoms with van der Waals surface area (Å²) >= 11 is 0. The van der Waals surface area contributed by atoms with Gasteiger partial charge in [0.1, 0.15) is 0 Å². The van der Waals surface area contributed by atoms with Gasteiger partial charge in [0.25, 0.3) is 0 Å². The summed E-state index contributed by atoms with van der Waals surface area (Å²) in [6, 6.07) is 12.3. The van der Waals surface area contributed by atoms with Gasteiger partial charge in [-0.3, -0.25) is 0 Å². The number of nitrogens with one attached hydrogen (secondary N) is 1. The lowest BCUT2D eigenvalue weighted by Gasteiger charge is -2.37. The highest BCUT2D eigenvalue weighted by molar-refractivity contribution is 5.89. The van der Waals surface area contributed by atoms with Crippen molar-refractivity contribution in [2.45, 2.75) is 39.8 Å². The molecule has 0 spiro atoms. The van der Waals surface area contributed by atoms with Crippen molar-refractivity contribution < 1.29 is 4.79 Å². The molecule has 116 valence electrons. The predicted molar refractivity (Wildman–Crippen MR) is 89.1 cm³/mol. The minimum absolute atomic E-state index is 0.0115. The average molecular weight is 297 g/mol. The van der Waals surface area contributed by atoms with E-state index in [1.165, 1.54) is 11.4 Å². The van der Waals surface area contributed by atoms with Crippen LogP contribution in [-0.2, 0) is 6.54 Å². The number of hydrogen-bond donors (Lipinski definition) is 1. The number of aromatic nitrogens is 1. The van der Waals surface area contributed by atoms with E-state index >= 15 is 0 Å². The molecule has 0 saturated heterocycles. The molecule has 0 radical (unpaired) electrons. The zero-order chi connectivity index (χ0) is 15.7. The van der Waals surface area contributed by atoms with Crippen molar-refractivity contribution in [2.24, 2.45) is 0 Å². The summed E-state index contributed by atoms with van der Waals surface area (Å²) in [7, 11) is 0.